The highest BCUT2D eigenvalue weighted by atomic mass is 16.6. The molecule has 0 aliphatic heterocycles. The number of aromatic nitrogens is 3. The molecule has 112 valence electrons. The molecule has 2 rings (SSSR count). The van der Waals surface area contributed by atoms with Crippen LogP contribution in [0.15, 0.2) is 18.2 Å². The molecule has 8 heteroatoms. The first-order chi connectivity index (χ1) is 10.0. The maximum atomic E-state index is 11.1. The number of ether oxygens (including phenoxy) is 1. The molecule has 0 saturated heterocycles. The van der Waals surface area contributed by atoms with Gasteiger partial charge in [-0.25, -0.2) is 0 Å². The van der Waals surface area contributed by atoms with Gasteiger partial charge in [0.1, 0.15) is 12.4 Å². The summed E-state index contributed by atoms with van der Waals surface area (Å²) in [7, 11) is 3.60. The fourth-order valence-electron chi connectivity index (χ4n) is 1.86. The van der Waals surface area contributed by atoms with Crippen molar-refractivity contribution in [3.63, 3.8) is 0 Å². The molecular weight excluding hydrogens is 274 g/mol. The third-order valence-electron chi connectivity index (χ3n) is 3.14. The highest BCUT2D eigenvalue weighted by Crippen LogP contribution is 2.28. The third kappa shape index (κ3) is 3.34. The first kappa shape index (κ1) is 14.9. The van der Waals surface area contributed by atoms with E-state index in [2.05, 4.69) is 15.5 Å². The monoisotopic (exact) mass is 291 g/mol. The van der Waals surface area contributed by atoms with Crippen LogP contribution in [0.5, 0.6) is 5.75 Å². The molecular formula is C13H17N5O3. The first-order valence-electron chi connectivity index (χ1n) is 6.42. The topological polar surface area (TPSA) is 95.1 Å². The summed E-state index contributed by atoms with van der Waals surface area (Å²) in [5.74, 6) is 1.59. The number of nitrogens with zero attached hydrogens (tertiary/aromatic N) is 4. The Labute approximate surface area is 121 Å². The lowest BCUT2D eigenvalue weighted by Gasteiger charge is -2.08. The Balaban J connectivity index is 2.19. The van der Waals surface area contributed by atoms with Gasteiger partial charge in [-0.15, -0.1) is 10.2 Å². The molecule has 0 saturated carbocycles. The van der Waals surface area contributed by atoms with E-state index in [0.29, 0.717) is 12.4 Å². The normalized spacial score (nSPS) is 10.6. The van der Waals surface area contributed by atoms with Crippen LogP contribution in [0, 0.1) is 17.0 Å². The van der Waals surface area contributed by atoms with E-state index in [1.165, 1.54) is 6.07 Å². The Morgan fingerprint density at radius 3 is 2.76 bits per heavy atom. The lowest BCUT2D eigenvalue weighted by atomic mass is 10.2. The van der Waals surface area contributed by atoms with Gasteiger partial charge in [0.05, 0.1) is 4.92 Å². The summed E-state index contributed by atoms with van der Waals surface area (Å²) in [4.78, 5) is 10.7. The fourth-order valence-corrected chi connectivity index (χ4v) is 1.86. The van der Waals surface area contributed by atoms with Gasteiger partial charge in [0.15, 0.2) is 11.6 Å². The van der Waals surface area contributed by atoms with E-state index >= 15 is 0 Å². The van der Waals surface area contributed by atoms with Gasteiger partial charge in [-0.05, 0) is 25.6 Å². The van der Waals surface area contributed by atoms with Crippen LogP contribution in [0.3, 0.4) is 0 Å². The Kier molecular flexibility index (Phi) is 4.49. The summed E-state index contributed by atoms with van der Waals surface area (Å²) in [6, 6.07) is 4.91. The summed E-state index contributed by atoms with van der Waals surface area (Å²) in [5.41, 5.74) is 0.771. The Morgan fingerprint density at radius 1 is 1.43 bits per heavy atom. The molecule has 0 atom stereocenters. The highest BCUT2D eigenvalue weighted by molar-refractivity contribution is 5.48. The number of nitro groups is 1. The molecule has 0 fully saturated rings. The van der Waals surface area contributed by atoms with Gasteiger partial charge < -0.3 is 14.6 Å². The van der Waals surface area contributed by atoms with E-state index < -0.39 is 4.92 Å². The van der Waals surface area contributed by atoms with Gasteiger partial charge in [0, 0.05) is 19.7 Å². The maximum Gasteiger partial charge on any atom is 0.311 e. The number of nitro benzene ring substituents is 1. The minimum atomic E-state index is -0.448. The third-order valence-corrected chi connectivity index (χ3v) is 3.14. The molecule has 2 aromatic rings. The van der Waals surface area contributed by atoms with E-state index in [9.17, 15) is 10.1 Å². The van der Waals surface area contributed by atoms with Crippen molar-refractivity contribution < 1.29 is 9.66 Å². The predicted molar refractivity (Wildman–Crippen MR) is 75.9 cm³/mol. The molecule has 1 aromatic carbocycles. The number of rotatable bonds is 6. The van der Waals surface area contributed by atoms with Crippen molar-refractivity contribution >= 4 is 5.69 Å². The van der Waals surface area contributed by atoms with E-state index in [-0.39, 0.29) is 18.0 Å². The number of benzene rings is 1. The fraction of sp³-hybridized carbons (Fsp3) is 0.385. The van der Waals surface area contributed by atoms with Crippen molar-refractivity contribution in [2.24, 2.45) is 7.05 Å². The van der Waals surface area contributed by atoms with Crippen LogP contribution in [0.2, 0.25) is 0 Å². The van der Waals surface area contributed by atoms with Crippen LogP contribution in [0.1, 0.15) is 17.2 Å². The largest absolute Gasteiger partial charge is 0.479 e. The molecule has 1 aromatic heterocycles. The van der Waals surface area contributed by atoms with Crippen molar-refractivity contribution in [1.82, 2.24) is 20.1 Å². The zero-order chi connectivity index (χ0) is 15.4. The van der Waals surface area contributed by atoms with Crippen LogP contribution < -0.4 is 10.1 Å². The Hall–Kier alpha value is -2.48. The van der Waals surface area contributed by atoms with E-state index in [1.807, 2.05) is 14.0 Å². The SMILES string of the molecule is CNCc1ccc(OCc2nnc(C)n2C)c([N+](=O)[O-])c1. The molecule has 0 unspecified atom stereocenters. The molecule has 1 N–H and O–H groups in total. The van der Waals surface area contributed by atoms with Crippen LogP contribution in [-0.2, 0) is 20.2 Å². The standard InChI is InChI=1S/C13H17N5O3/c1-9-15-16-13(17(9)3)8-21-12-5-4-10(7-14-2)6-11(12)18(19)20/h4-6,14H,7-8H2,1-3H3. The molecule has 1 heterocycles. The average molecular weight is 291 g/mol. The lowest BCUT2D eigenvalue weighted by molar-refractivity contribution is -0.386. The van der Waals surface area contributed by atoms with Gasteiger partial charge in [-0.1, -0.05) is 6.07 Å². The predicted octanol–water partition coefficient (Wildman–Crippen LogP) is 1.33. The molecule has 0 bridgehead atoms. The van der Waals surface area contributed by atoms with Crippen LogP contribution in [0.4, 0.5) is 5.69 Å². The number of hydrogen-bond donors (Lipinski definition) is 1. The summed E-state index contributed by atoms with van der Waals surface area (Å²) in [5, 5.41) is 22.0. The second kappa shape index (κ2) is 6.31. The lowest BCUT2D eigenvalue weighted by Crippen LogP contribution is -2.07. The Morgan fingerprint density at radius 2 is 2.19 bits per heavy atom. The van der Waals surface area contributed by atoms with Crippen LogP contribution in [0.25, 0.3) is 0 Å². The zero-order valence-electron chi connectivity index (χ0n) is 12.2. The molecule has 0 radical (unpaired) electrons. The van der Waals surface area contributed by atoms with Crippen molar-refractivity contribution in [2.45, 2.75) is 20.1 Å². The van der Waals surface area contributed by atoms with E-state index in [0.717, 1.165) is 11.4 Å². The van der Waals surface area contributed by atoms with Crippen molar-refractivity contribution in [3.05, 3.63) is 45.5 Å². The molecule has 0 aliphatic rings. The second-order valence-electron chi connectivity index (χ2n) is 4.60. The van der Waals surface area contributed by atoms with Gasteiger partial charge >= 0.3 is 5.69 Å². The van der Waals surface area contributed by atoms with Gasteiger partial charge in [0.25, 0.3) is 0 Å². The summed E-state index contributed by atoms with van der Waals surface area (Å²) >= 11 is 0. The second-order valence-corrected chi connectivity index (χ2v) is 4.60. The van der Waals surface area contributed by atoms with Crippen molar-refractivity contribution in [3.8, 4) is 5.75 Å². The Bertz CT molecular complexity index is 653. The minimum absolute atomic E-state index is 0.0540. The van der Waals surface area contributed by atoms with Crippen molar-refractivity contribution in [1.29, 1.82) is 0 Å². The van der Waals surface area contributed by atoms with Gasteiger partial charge in [-0.3, -0.25) is 10.1 Å². The van der Waals surface area contributed by atoms with Gasteiger partial charge in [-0.2, -0.15) is 0 Å². The van der Waals surface area contributed by atoms with Crippen molar-refractivity contribution in [2.75, 3.05) is 7.05 Å². The number of hydrogen-bond acceptors (Lipinski definition) is 6. The number of aryl methyl sites for hydroxylation is 1. The molecule has 21 heavy (non-hydrogen) atoms. The first-order valence-corrected chi connectivity index (χ1v) is 6.42. The maximum absolute atomic E-state index is 11.1. The summed E-state index contributed by atoms with van der Waals surface area (Å²) in [6.07, 6.45) is 0. The van der Waals surface area contributed by atoms with Gasteiger partial charge in [0.2, 0.25) is 0 Å². The molecule has 0 spiro atoms. The smallest absolute Gasteiger partial charge is 0.311 e. The van der Waals surface area contributed by atoms with Crippen LogP contribution >= 0.6 is 0 Å². The summed E-state index contributed by atoms with van der Waals surface area (Å²) < 4.78 is 7.31. The van der Waals surface area contributed by atoms with E-state index in [4.69, 9.17) is 4.74 Å². The average Bonchev–Trinajstić information content (AvgIpc) is 2.77. The highest BCUT2D eigenvalue weighted by Gasteiger charge is 2.17. The minimum Gasteiger partial charge on any atom is -0.479 e. The molecule has 0 amide bonds. The zero-order valence-corrected chi connectivity index (χ0v) is 12.2. The number of nitrogens with one attached hydrogen (secondary N) is 1. The molecule has 8 nitrogen and oxygen atoms in total. The summed E-state index contributed by atoms with van der Waals surface area (Å²) in [6.45, 7) is 2.51. The quantitative estimate of drug-likeness (QED) is 0.637. The van der Waals surface area contributed by atoms with Crippen LogP contribution in [-0.4, -0.2) is 26.7 Å². The van der Waals surface area contributed by atoms with E-state index in [1.54, 1.807) is 23.7 Å². The molecule has 0 aliphatic carbocycles.